The summed E-state index contributed by atoms with van der Waals surface area (Å²) >= 11 is 0. The Morgan fingerprint density at radius 1 is 1.18 bits per heavy atom. The third-order valence-corrected chi connectivity index (χ3v) is 2.89. The number of amides is 1. The van der Waals surface area contributed by atoms with Crippen molar-refractivity contribution in [2.75, 3.05) is 0 Å². The highest BCUT2D eigenvalue weighted by molar-refractivity contribution is 5.93. The first-order chi connectivity index (χ1) is 10.5. The molecule has 0 aliphatic heterocycles. The topological polar surface area (TPSA) is 61.6 Å². The van der Waals surface area contributed by atoms with Gasteiger partial charge in [-0.3, -0.25) is 4.79 Å². The van der Waals surface area contributed by atoms with Crippen LogP contribution in [0.15, 0.2) is 42.5 Å². The summed E-state index contributed by atoms with van der Waals surface area (Å²) in [6.45, 7) is 3.80. The Morgan fingerprint density at radius 2 is 1.86 bits per heavy atom. The van der Waals surface area contributed by atoms with E-state index in [1.165, 1.54) is 12.1 Å². The van der Waals surface area contributed by atoms with Crippen LogP contribution in [0.3, 0.4) is 0 Å². The van der Waals surface area contributed by atoms with E-state index in [1.807, 2.05) is 13.8 Å². The van der Waals surface area contributed by atoms with Gasteiger partial charge in [-0.15, -0.1) is 0 Å². The van der Waals surface area contributed by atoms with Gasteiger partial charge in [-0.2, -0.15) is 0 Å². The van der Waals surface area contributed by atoms with E-state index < -0.39 is 5.91 Å². The quantitative estimate of drug-likeness (QED) is 0.890. The van der Waals surface area contributed by atoms with Crippen LogP contribution >= 0.6 is 0 Å². The van der Waals surface area contributed by atoms with Crippen molar-refractivity contribution >= 4 is 5.91 Å². The zero-order chi connectivity index (χ0) is 16.1. The molecule has 0 saturated carbocycles. The summed E-state index contributed by atoms with van der Waals surface area (Å²) in [5, 5.41) is 0. The van der Waals surface area contributed by atoms with Crippen LogP contribution in [0.2, 0.25) is 0 Å². The number of hydrogen-bond acceptors (Lipinski definition) is 3. The number of hydrogen-bond donors (Lipinski definition) is 1. The standard InChI is InChI=1S/C17H18FNO3/c1-11(2)22-15-8-13(17(19)20)7-14(9-15)21-10-12-5-3-4-6-16(12)18/h3-9,11H,10H2,1-2H3,(H2,19,20). The summed E-state index contributed by atoms with van der Waals surface area (Å²) in [6, 6.07) is 11.1. The minimum atomic E-state index is -0.579. The van der Waals surface area contributed by atoms with Gasteiger partial charge in [0.05, 0.1) is 6.10 Å². The van der Waals surface area contributed by atoms with Crippen molar-refractivity contribution in [3.63, 3.8) is 0 Å². The van der Waals surface area contributed by atoms with Crippen LogP contribution < -0.4 is 15.2 Å². The first kappa shape index (κ1) is 15.8. The van der Waals surface area contributed by atoms with Gasteiger partial charge in [0.2, 0.25) is 5.91 Å². The van der Waals surface area contributed by atoms with Gasteiger partial charge in [-0.25, -0.2) is 4.39 Å². The molecule has 5 heteroatoms. The third-order valence-electron chi connectivity index (χ3n) is 2.89. The van der Waals surface area contributed by atoms with Crippen LogP contribution in [-0.2, 0) is 6.61 Å². The first-order valence-electron chi connectivity index (χ1n) is 6.93. The lowest BCUT2D eigenvalue weighted by atomic mass is 10.2. The Morgan fingerprint density at radius 3 is 2.50 bits per heavy atom. The summed E-state index contributed by atoms with van der Waals surface area (Å²) < 4.78 is 24.7. The molecule has 0 aromatic heterocycles. The molecule has 0 aliphatic carbocycles. The maximum Gasteiger partial charge on any atom is 0.248 e. The van der Waals surface area contributed by atoms with Crippen molar-refractivity contribution in [1.29, 1.82) is 0 Å². The van der Waals surface area contributed by atoms with E-state index in [9.17, 15) is 9.18 Å². The maximum absolute atomic E-state index is 13.6. The number of rotatable bonds is 6. The highest BCUT2D eigenvalue weighted by Gasteiger charge is 2.09. The number of carbonyl (C=O) groups is 1. The number of nitrogens with two attached hydrogens (primary N) is 1. The zero-order valence-electron chi connectivity index (χ0n) is 12.5. The molecule has 1 amide bonds. The highest BCUT2D eigenvalue weighted by atomic mass is 19.1. The molecule has 2 N–H and O–H groups in total. The van der Waals surface area contributed by atoms with E-state index in [2.05, 4.69) is 0 Å². The summed E-state index contributed by atoms with van der Waals surface area (Å²) in [4.78, 5) is 11.4. The lowest BCUT2D eigenvalue weighted by Crippen LogP contribution is -2.12. The van der Waals surface area contributed by atoms with Gasteiger partial charge >= 0.3 is 0 Å². The Hall–Kier alpha value is -2.56. The monoisotopic (exact) mass is 303 g/mol. The number of halogens is 1. The minimum Gasteiger partial charge on any atom is -0.491 e. The first-order valence-corrected chi connectivity index (χ1v) is 6.93. The fourth-order valence-corrected chi connectivity index (χ4v) is 1.91. The molecule has 22 heavy (non-hydrogen) atoms. The third kappa shape index (κ3) is 4.22. The van der Waals surface area contributed by atoms with Crippen LogP contribution in [0.5, 0.6) is 11.5 Å². The molecule has 0 bridgehead atoms. The van der Waals surface area contributed by atoms with E-state index in [1.54, 1.807) is 30.3 Å². The lowest BCUT2D eigenvalue weighted by molar-refractivity contribution is 0.0999. The van der Waals surface area contributed by atoms with Crippen LogP contribution in [0.25, 0.3) is 0 Å². The normalized spacial score (nSPS) is 10.5. The molecule has 4 nitrogen and oxygen atoms in total. The minimum absolute atomic E-state index is 0.0516. The van der Waals surface area contributed by atoms with E-state index in [4.69, 9.17) is 15.2 Å². The second-order valence-corrected chi connectivity index (χ2v) is 5.10. The van der Waals surface area contributed by atoms with Crippen LogP contribution in [-0.4, -0.2) is 12.0 Å². The van der Waals surface area contributed by atoms with Crippen molar-refractivity contribution in [2.24, 2.45) is 5.73 Å². The summed E-state index contributed by atoms with van der Waals surface area (Å²) in [7, 11) is 0. The fraction of sp³-hybridized carbons (Fsp3) is 0.235. The predicted molar refractivity (Wildman–Crippen MR) is 81.5 cm³/mol. The average molecular weight is 303 g/mol. The molecule has 0 spiro atoms. The molecule has 0 saturated heterocycles. The number of benzene rings is 2. The predicted octanol–water partition coefficient (Wildman–Crippen LogP) is 3.29. The van der Waals surface area contributed by atoms with Gasteiger partial charge in [0, 0.05) is 17.2 Å². The summed E-state index contributed by atoms with van der Waals surface area (Å²) in [5.41, 5.74) is 6.01. The number of carbonyl (C=O) groups excluding carboxylic acids is 1. The molecular weight excluding hydrogens is 285 g/mol. The fourth-order valence-electron chi connectivity index (χ4n) is 1.91. The smallest absolute Gasteiger partial charge is 0.248 e. The van der Waals surface area contributed by atoms with Crippen LogP contribution in [0.4, 0.5) is 4.39 Å². The van der Waals surface area contributed by atoms with Gasteiger partial charge in [0.1, 0.15) is 23.9 Å². The summed E-state index contributed by atoms with van der Waals surface area (Å²) in [5.74, 6) is -0.0396. The van der Waals surface area contributed by atoms with Gasteiger partial charge in [0.25, 0.3) is 0 Å². The van der Waals surface area contributed by atoms with Gasteiger partial charge in [0.15, 0.2) is 0 Å². The van der Waals surface area contributed by atoms with Crippen molar-refractivity contribution in [3.8, 4) is 11.5 Å². The molecule has 0 aliphatic rings. The Bertz CT molecular complexity index is 671. The Kier molecular flexibility index (Phi) is 4.99. The van der Waals surface area contributed by atoms with E-state index >= 15 is 0 Å². The zero-order valence-corrected chi connectivity index (χ0v) is 12.5. The Labute approximate surface area is 128 Å². The molecule has 0 heterocycles. The van der Waals surface area contributed by atoms with Gasteiger partial charge in [-0.1, -0.05) is 18.2 Å². The van der Waals surface area contributed by atoms with Crippen LogP contribution in [0.1, 0.15) is 29.8 Å². The van der Waals surface area contributed by atoms with Crippen molar-refractivity contribution in [1.82, 2.24) is 0 Å². The molecule has 0 unspecified atom stereocenters. The summed E-state index contributed by atoms with van der Waals surface area (Å²) in [6.07, 6.45) is -0.0532. The van der Waals surface area contributed by atoms with Crippen LogP contribution in [0, 0.1) is 5.82 Å². The van der Waals surface area contributed by atoms with Crippen molar-refractivity contribution < 1.29 is 18.7 Å². The van der Waals surface area contributed by atoms with E-state index in [-0.39, 0.29) is 24.1 Å². The highest BCUT2D eigenvalue weighted by Crippen LogP contribution is 2.25. The van der Waals surface area contributed by atoms with Gasteiger partial charge in [-0.05, 0) is 32.0 Å². The largest absolute Gasteiger partial charge is 0.491 e. The molecule has 116 valence electrons. The Balaban J connectivity index is 2.20. The second-order valence-electron chi connectivity index (χ2n) is 5.10. The van der Waals surface area contributed by atoms with Gasteiger partial charge < -0.3 is 15.2 Å². The maximum atomic E-state index is 13.6. The van der Waals surface area contributed by atoms with E-state index in [0.29, 0.717) is 17.1 Å². The van der Waals surface area contributed by atoms with E-state index in [0.717, 1.165) is 0 Å². The average Bonchev–Trinajstić information content (AvgIpc) is 2.45. The molecule has 0 atom stereocenters. The van der Waals surface area contributed by atoms with Crippen molar-refractivity contribution in [2.45, 2.75) is 26.6 Å². The molecule has 0 radical (unpaired) electrons. The number of primary amides is 1. The number of ether oxygens (including phenoxy) is 2. The molecule has 2 aromatic rings. The molecule has 0 fully saturated rings. The lowest BCUT2D eigenvalue weighted by Gasteiger charge is -2.13. The second kappa shape index (κ2) is 6.93. The molecule has 2 aromatic carbocycles. The van der Waals surface area contributed by atoms with Crippen molar-refractivity contribution in [3.05, 3.63) is 59.4 Å². The molecular formula is C17H18FNO3. The SMILES string of the molecule is CC(C)Oc1cc(OCc2ccccc2F)cc(C(N)=O)c1. The molecule has 2 rings (SSSR count).